The summed E-state index contributed by atoms with van der Waals surface area (Å²) in [5.74, 6) is 0.168. The number of ether oxygens (including phenoxy) is 3. The molecule has 0 heterocycles. The molecule has 2 aromatic rings. The molecule has 12 heteroatoms. The van der Waals surface area contributed by atoms with Crippen LogP contribution in [-0.2, 0) is 4.74 Å². The van der Waals surface area contributed by atoms with E-state index < -0.39 is 6.29 Å². The van der Waals surface area contributed by atoms with Crippen LogP contribution in [0.4, 0.5) is 0 Å². The fourth-order valence-electron chi connectivity index (χ4n) is 1.89. The molecule has 28 heavy (non-hydrogen) atoms. The standard InChI is InChI=1S/C16H10Cl8O4/c17-6-3-8(13(21)15(23)11(6)19)27-10(5-26-2-1-25)28-9-4-7(18)12(20)16(24)14(9)22/h3-4,10,25H,1-2,5H2. The molecule has 0 unspecified atom stereocenters. The van der Waals surface area contributed by atoms with Crippen molar-refractivity contribution in [2.45, 2.75) is 6.29 Å². The van der Waals surface area contributed by atoms with Crippen molar-refractivity contribution in [3.8, 4) is 11.5 Å². The van der Waals surface area contributed by atoms with E-state index in [9.17, 15) is 0 Å². The lowest BCUT2D eigenvalue weighted by Crippen LogP contribution is -2.30. The minimum Gasteiger partial charge on any atom is -0.451 e. The van der Waals surface area contributed by atoms with Crippen LogP contribution in [0.1, 0.15) is 0 Å². The molecule has 0 aliphatic carbocycles. The molecule has 0 aliphatic heterocycles. The van der Waals surface area contributed by atoms with Crippen molar-refractivity contribution in [1.29, 1.82) is 0 Å². The van der Waals surface area contributed by atoms with Crippen LogP contribution in [-0.4, -0.2) is 31.2 Å². The molecular formula is C16H10Cl8O4. The highest BCUT2D eigenvalue weighted by atomic mass is 35.5. The zero-order chi connectivity index (χ0) is 21.0. The summed E-state index contributed by atoms with van der Waals surface area (Å²) in [5, 5.41) is 9.36. The van der Waals surface area contributed by atoms with Crippen LogP contribution in [0.2, 0.25) is 40.2 Å². The highest BCUT2D eigenvalue weighted by molar-refractivity contribution is 6.53. The Morgan fingerprint density at radius 3 is 1.50 bits per heavy atom. The van der Waals surface area contributed by atoms with E-state index >= 15 is 0 Å². The van der Waals surface area contributed by atoms with Gasteiger partial charge in [-0.1, -0.05) is 92.8 Å². The van der Waals surface area contributed by atoms with E-state index in [0.717, 1.165) is 0 Å². The van der Waals surface area contributed by atoms with Gasteiger partial charge in [-0.3, -0.25) is 0 Å². The molecule has 0 aromatic heterocycles. The Morgan fingerprint density at radius 1 is 0.679 bits per heavy atom. The minimum atomic E-state index is -1.09. The van der Waals surface area contributed by atoms with E-state index in [2.05, 4.69) is 0 Å². The maximum atomic E-state index is 8.91. The van der Waals surface area contributed by atoms with Crippen molar-refractivity contribution in [2.75, 3.05) is 19.8 Å². The van der Waals surface area contributed by atoms with Gasteiger partial charge < -0.3 is 19.3 Å². The summed E-state index contributed by atoms with van der Waals surface area (Å²) in [6, 6.07) is 2.73. The van der Waals surface area contributed by atoms with Gasteiger partial charge in [0.1, 0.15) is 28.2 Å². The molecule has 0 bridgehead atoms. The zero-order valence-electron chi connectivity index (χ0n) is 13.5. The van der Waals surface area contributed by atoms with Crippen LogP contribution < -0.4 is 9.47 Å². The van der Waals surface area contributed by atoms with E-state index in [0.29, 0.717) is 0 Å². The van der Waals surface area contributed by atoms with Crippen LogP contribution in [0.15, 0.2) is 12.1 Å². The number of halogens is 8. The van der Waals surface area contributed by atoms with E-state index in [4.69, 9.17) is 112 Å². The molecule has 2 aromatic carbocycles. The Balaban J connectivity index is 2.34. The Hall–Kier alpha value is 0.280. The monoisotopic (exact) mass is 546 g/mol. The van der Waals surface area contributed by atoms with Gasteiger partial charge in [0, 0.05) is 12.1 Å². The average Bonchev–Trinajstić information content (AvgIpc) is 2.66. The normalized spacial score (nSPS) is 11.2. The Bertz CT molecular complexity index is 796. The lowest BCUT2D eigenvalue weighted by atomic mass is 10.3. The number of rotatable bonds is 8. The van der Waals surface area contributed by atoms with Crippen LogP contribution >= 0.6 is 92.8 Å². The van der Waals surface area contributed by atoms with Gasteiger partial charge in [-0.25, -0.2) is 0 Å². The second kappa shape index (κ2) is 11.1. The third kappa shape index (κ3) is 5.92. The van der Waals surface area contributed by atoms with Crippen molar-refractivity contribution in [3.63, 3.8) is 0 Å². The van der Waals surface area contributed by atoms with Gasteiger partial charge in [0.25, 0.3) is 6.29 Å². The second-order valence-corrected chi connectivity index (χ2v) is 8.14. The van der Waals surface area contributed by atoms with Gasteiger partial charge in [0.05, 0.1) is 43.3 Å². The third-order valence-corrected chi connectivity index (χ3v) is 6.61. The first-order chi connectivity index (χ1) is 13.2. The van der Waals surface area contributed by atoms with E-state index in [1.165, 1.54) is 12.1 Å². The molecular weight excluding hydrogens is 540 g/mol. The van der Waals surface area contributed by atoms with Crippen molar-refractivity contribution in [2.24, 2.45) is 0 Å². The minimum absolute atomic E-state index is 0.0106. The number of hydrogen-bond acceptors (Lipinski definition) is 4. The summed E-state index contributed by atoms with van der Waals surface area (Å²) in [6.07, 6.45) is -1.09. The van der Waals surface area contributed by atoms with E-state index in [-0.39, 0.29) is 71.5 Å². The zero-order valence-corrected chi connectivity index (χ0v) is 19.6. The molecule has 154 valence electrons. The number of aliphatic hydroxyl groups is 1. The average molecular weight is 550 g/mol. The van der Waals surface area contributed by atoms with Crippen LogP contribution in [0.25, 0.3) is 0 Å². The quantitative estimate of drug-likeness (QED) is 0.159. The highest BCUT2D eigenvalue weighted by Crippen LogP contribution is 2.44. The third-order valence-electron chi connectivity index (χ3n) is 3.14. The molecule has 4 nitrogen and oxygen atoms in total. The summed E-state index contributed by atoms with van der Waals surface area (Å²) < 4.78 is 16.7. The number of aliphatic hydroxyl groups excluding tert-OH is 1. The van der Waals surface area contributed by atoms with Crippen LogP contribution in [0.3, 0.4) is 0 Å². The van der Waals surface area contributed by atoms with Gasteiger partial charge in [-0.2, -0.15) is 0 Å². The number of benzene rings is 2. The Labute approximate surface area is 201 Å². The molecule has 0 fully saturated rings. The molecule has 0 atom stereocenters. The van der Waals surface area contributed by atoms with Crippen molar-refractivity contribution < 1.29 is 19.3 Å². The maximum Gasteiger partial charge on any atom is 0.264 e. The molecule has 0 amide bonds. The molecule has 0 saturated heterocycles. The van der Waals surface area contributed by atoms with E-state index in [1.54, 1.807) is 0 Å². The van der Waals surface area contributed by atoms with Gasteiger partial charge in [0.2, 0.25) is 0 Å². The fraction of sp³-hybridized carbons (Fsp3) is 0.250. The van der Waals surface area contributed by atoms with Gasteiger partial charge in [0.15, 0.2) is 0 Å². The first-order valence-electron chi connectivity index (χ1n) is 7.35. The molecule has 0 radical (unpaired) electrons. The molecule has 0 saturated carbocycles. The predicted octanol–water partition coefficient (Wildman–Crippen LogP) is 7.71. The van der Waals surface area contributed by atoms with E-state index in [1.807, 2.05) is 0 Å². The van der Waals surface area contributed by atoms with Crippen LogP contribution in [0, 0.1) is 0 Å². The lowest BCUT2D eigenvalue weighted by molar-refractivity contribution is -0.0645. The highest BCUT2D eigenvalue weighted by Gasteiger charge is 2.22. The maximum absolute atomic E-state index is 8.91. The first kappa shape index (κ1) is 24.5. The summed E-state index contributed by atoms with van der Waals surface area (Å²) in [7, 11) is 0. The SMILES string of the molecule is OCCOCC(Oc1cc(Cl)c(Cl)c(Cl)c1Cl)Oc1cc(Cl)c(Cl)c(Cl)c1Cl. The topological polar surface area (TPSA) is 47.9 Å². The fourth-order valence-corrected chi connectivity index (χ4v) is 3.55. The lowest BCUT2D eigenvalue weighted by Gasteiger charge is -2.23. The van der Waals surface area contributed by atoms with Gasteiger partial charge in [-0.15, -0.1) is 0 Å². The molecule has 0 aliphatic rings. The summed E-state index contributed by atoms with van der Waals surface area (Å²) in [5.41, 5.74) is 0. The molecule has 0 spiro atoms. The predicted molar refractivity (Wildman–Crippen MR) is 116 cm³/mol. The Morgan fingerprint density at radius 2 is 1.11 bits per heavy atom. The summed E-state index contributed by atoms with van der Waals surface area (Å²) in [4.78, 5) is 0. The van der Waals surface area contributed by atoms with Crippen molar-refractivity contribution in [1.82, 2.24) is 0 Å². The smallest absolute Gasteiger partial charge is 0.264 e. The Kier molecular flexibility index (Phi) is 9.69. The van der Waals surface area contributed by atoms with Crippen molar-refractivity contribution in [3.05, 3.63) is 52.3 Å². The van der Waals surface area contributed by atoms with Crippen LogP contribution in [0.5, 0.6) is 11.5 Å². The van der Waals surface area contributed by atoms with Gasteiger partial charge >= 0.3 is 0 Å². The number of hydrogen-bond donors (Lipinski definition) is 1. The molecule has 1 N–H and O–H groups in total. The molecule has 2 rings (SSSR count). The summed E-state index contributed by atoms with van der Waals surface area (Å²) in [6.45, 7) is -0.288. The second-order valence-electron chi connectivity index (χ2n) is 5.06. The van der Waals surface area contributed by atoms with Crippen molar-refractivity contribution >= 4 is 92.8 Å². The summed E-state index contributed by atoms with van der Waals surface area (Å²) >= 11 is 48.3. The first-order valence-corrected chi connectivity index (χ1v) is 10.4. The largest absolute Gasteiger partial charge is 0.451 e. The van der Waals surface area contributed by atoms with Gasteiger partial charge in [-0.05, 0) is 0 Å².